The first-order chi connectivity index (χ1) is 21.6. The first kappa shape index (κ1) is 45.2. The molecule has 0 spiro atoms. The van der Waals surface area contributed by atoms with Gasteiger partial charge in [-0.05, 0) is 16.9 Å². The van der Waals surface area contributed by atoms with Gasteiger partial charge in [0.1, 0.15) is 7.38 Å². The fraction of sp³-hybridized carbons (Fsp3) is 1.00. The lowest BCUT2D eigenvalue weighted by Crippen LogP contribution is -2.14. The average molecular weight is 768 g/mol. The van der Waals surface area contributed by atoms with Gasteiger partial charge < -0.3 is 0 Å². The fourth-order valence-corrected chi connectivity index (χ4v) is 8.86. The molecule has 0 aromatic heterocycles. The van der Waals surface area contributed by atoms with Gasteiger partial charge in [0.05, 0.1) is 0 Å². The minimum atomic E-state index is -1.31. The topological polar surface area (TPSA) is 0 Å². The predicted octanol–water partition coefficient (Wildman–Crippen LogP) is 17.3. The zero-order chi connectivity index (χ0) is 32.1. The van der Waals surface area contributed by atoms with Crippen LogP contribution >= 0.6 is 33.7 Å². The Bertz CT molecular complexity index is 505. The molecule has 0 aliphatic rings. The molecule has 0 radical (unpaired) electrons. The largest absolute Gasteiger partial charge is 0.168 e. The molecule has 0 fully saturated rings. The molecular weight excluding hydrogens is 683 g/mol. The quantitative estimate of drug-likeness (QED) is 0.0192. The molecule has 266 valence electrons. The lowest BCUT2D eigenvalue weighted by molar-refractivity contribution is 0.510. The van der Waals surface area contributed by atoms with Crippen LogP contribution in [-0.2, 0) is 0 Å². The minimum absolute atomic E-state index is 1.30. The van der Waals surface area contributed by atoms with E-state index < -0.39 is 7.38 Å². The first-order valence-corrected chi connectivity index (χ1v) is 26.6. The van der Waals surface area contributed by atoms with Crippen molar-refractivity contribution >= 4 is 41.1 Å². The van der Waals surface area contributed by atoms with Crippen LogP contribution in [0.4, 0.5) is 0 Å². The van der Waals surface area contributed by atoms with Crippen molar-refractivity contribution in [2.45, 2.75) is 257 Å². The summed E-state index contributed by atoms with van der Waals surface area (Å²) in [6, 6.07) is 1.30. The molecule has 0 amide bonds. The number of alkyl halides is 1. The molecule has 0 saturated heterocycles. The summed E-state index contributed by atoms with van der Waals surface area (Å²) in [7, 11) is -1.31. The molecule has 0 aliphatic carbocycles. The molecule has 0 rings (SSSR count). The summed E-state index contributed by atoms with van der Waals surface area (Å²) in [6.45, 7) is 4.55. The molecule has 0 aromatic carbocycles. The molecule has 0 atom stereocenters. The van der Waals surface area contributed by atoms with Gasteiger partial charge in [-0.15, -0.1) is 0 Å². The molecule has 0 N–H and O–H groups in total. The van der Waals surface area contributed by atoms with Crippen LogP contribution in [0.3, 0.4) is 0 Å². The van der Waals surface area contributed by atoms with Crippen LogP contribution in [0.5, 0.6) is 0 Å². The van der Waals surface area contributed by atoms with E-state index in [-0.39, 0.29) is 0 Å². The number of hydrogen-bond acceptors (Lipinski definition) is 0. The Morgan fingerprint density at radius 1 is 0.273 bits per heavy atom. The smallest absolute Gasteiger partial charge is 0.150 e. The Morgan fingerprint density at radius 2 is 0.409 bits per heavy atom. The van der Waals surface area contributed by atoms with Crippen molar-refractivity contribution in [3.05, 3.63) is 0 Å². The van der Waals surface area contributed by atoms with Gasteiger partial charge in [-0.2, -0.15) is 11.1 Å². The van der Waals surface area contributed by atoms with Crippen molar-refractivity contribution in [3.63, 3.8) is 0 Å². The third kappa shape index (κ3) is 43.2. The summed E-state index contributed by atoms with van der Waals surface area (Å²) in [5.74, 6) is 0. The summed E-state index contributed by atoms with van der Waals surface area (Å²) in [4.78, 5) is 0. The SMILES string of the molecule is C[Si](C)(Cl)CCCCCCCCCCCCCCCCCCCCCCCCCCCCCCCCCCCCCCCI. The zero-order valence-corrected chi connectivity index (χ0v) is 34.7. The van der Waals surface area contributed by atoms with Gasteiger partial charge in [-0.25, -0.2) is 0 Å². The lowest BCUT2D eigenvalue weighted by atomic mass is 10.0. The van der Waals surface area contributed by atoms with E-state index >= 15 is 0 Å². The third-order valence-corrected chi connectivity index (χ3v) is 12.8. The molecule has 0 saturated carbocycles. The molecule has 0 nitrogen and oxygen atoms in total. The van der Waals surface area contributed by atoms with E-state index in [0.717, 1.165) is 0 Å². The van der Waals surface area contributed by atoms with Crippen LogP contribution in [0.2, 0.25) is 19.1 Å². The Hall–Kier alpha value is 1.24. The highest BCUT2D eigenvalue weighted by Crippen LogP contribution is 2.20. The van der Waals surface area contributed by atoms with Gasteiger partial charge in [-0.3, -0.25) is 0 Å². The summed E-state index contributed by atoms with van der Waals surface area (Å²) in [5, 5.41) is 0. The van der Waals surface area contributed by atoms with Gasteiger partial charge in [-0.1, -0.05) is 267 Å². The van der Waals surface area contributed by atoms with Crippen molar-refractivity contribution in [3.8, 4) is 0 Å². The van der Waals surface area contributed by atoms with E-state index in [4.69, 9.17) is 11.1 Å². The van der Waals surface area contributed by atoms with E-state index in [1.807, 2.05) is 0 Å². The van der Waals surface area contributed by atoms with E-state index in [0.29, 0.717) is 0 Å². The van der Waals surface area contributed by atoms with Crippen molar-refractivity contribution < 1.29 is 0 Å². The predicted molar refractivity (Wildman–Crippen MR) is 218 cm³/mol. The van der Waals surface area contributed by atoms with Gasteiger partial charge in [0.15, 0.2) is 0 Å². The van der Waals surface area contributed by atoms with Crippen LogP contribution in [0.15, 0.2) is 0 Å². The number of halogens is 2. The van der Waals surface area contributed by atoms with Crippen LogP contribution in [0.1, 0.15) is 238 Å². The van der Waals surface area contributed by atoms with E-state index in [9.17, 15) is 0 Å². The van der Waals surface area contributed by atoms with Crippen molar-refractivity contribution in [1.82, 2.24) is 0 Å². The van der Waals surface area contributed by atoms with Crippen LogP contribution in [0, 0.1) is 0 Å². The Labute approximate surface area is 300 Å². The highest BCUT2D eigenvalue weighted by Gasteiger charge is 2.15. The van der Waals surface area contributed by atoms with Gasteiger partial charge in [0.25, 0.3) is 0 Å². The van der Waals surface area contributed by atoms with Gasteiger partial charge >= 0.3 is 0 Å². The Balaban J connectivity index is 3.05. The second-order valence-corrected chi connectivity index (χ2v) is 23.3. The standard InChI is InChI=1S/C41H84ClISi/c1-44(2,42)41-39-37-35-33-31-29-27-25-23-21-19-17-15-13-11-9-7-5-3-4-6-8-10-12-14-16-18-20-22-24-26-28-30-32-34-36-38-40-43/h3-41H2,1-2H3. The molecule has 3 heteroatoms. The summed E-state index contributed by atoms with van der Waals surface area (Å²) in [5.41, 5.74) is 0. The average Bonchev–Trinajstić information content (AvgIpc) is 3.00. The van der Waals surface area contributed by atoms with Crippen molar-refractivity contribution in [1.29, 1.82) is 0 Å². The Morgan fingerprint density at radius 3 is 0.545 bits per heavy atom. The maximum absolute atomic E-state index is 6.40. The van der Waals surface area contributed by atoms with Crippen molar-refractivity contribution in [2.24, 2.45) is 0 Å². The maximum Gasteiger partial charge on any atom is 0.150 e. The first-order valence-electron chi connectivity index (χ1n) is 20.8. The van der Waals surface area contributed by atoms with Crippen molar-refractivity contribution in [2.75, 3.05) is 4.43 Å². The molecule has 0 unspecified atom stereocenters. The van der Waals surface area contributed by atoms with E-state index in [2.05, 4.69) is 35.7 Å². The number of hydrogen-bond donors (Lipinski definition) is 0. The normalized spacial score (nSPS) is 12.0. The molecule has 0 heterocycles. The second-order valence-electron chi connectivity index (χ2n) is 15.2. The van der Waals surface area contributed by atoms with Gasteiger partial charge in [0, 0.05) is 0 Å². The zero-order valence-electron chi connectivity index (χ0n) is 30.8. The van der Waals surface area contributed by atoms with Crippen LogP contribution in [-0.4, -0.2) is 11.8 Å². The summed E-state index contributed by atoms with van der Waals surface area (Å²) < 4.78 is 1.34. The maximum atomic E-state index is 6.40. The van der Waals surface area contributed by atoms with Crippen LogP contribution < -0.4 is 0 Å². The highest BCUT2D eigenvalue weighted by atomic mass is 127. The molecule has 44 heavy (non-hydrogen) atoms. The molecule has 0 aliphatic heterocycles. The third-order valence-electron chi connectivity index (χ3n) is 9.90. The van der Waals surface area contributed by atoms with Gasteiger partial charge in [0.2, 0.25) is 0 Å². The number of rotatable bonds is 39. The lowest BCUT2D eigenvalue weighted by Gasteiger charge is -2.11. The summed E-state index contributed by atoms with van der Waals surface area (Å²) >= 11 is 8.91. The van der Waals surface area contributed by atoms with E-state index in [1.165, 1.54) is 248 Å². The molecular formula is C41H84ClISi. The minimum Gasteiger partial charge on any atom is -0.168 e. The highest BCUT2D eigenvalue weighted by molar-refractivity contribution is 14.1. The van der Waals surface area contributed by atoms with E-state index in [1.54, 1.807) is 0 Å². The van der Waals surface area contributed by atoms with Crippen LogP contribution in [0.25, 0.3) is 0 Å². The Kier molecular flexibility index (Phi) is 39.8. The molecule has 0 aromatic rings. The fourth-order valence-electron chi connectivity index (χ4n) is 6.83. The monoisotopic (exact) mass is 767 g/mol. The number of unbranched alkanes of at least 4 members (excludes halogenated alkanes) is 36. The molecule has 0 bridgehead atoms. The summed E-state index contributed by atoms with van der Waals surface area (Å²) in [6.07, 6.45) is 54.6. The second kappa shape index (κ2) is 38.7.